The van der Waals surface area contributed by atoms with Gasteiger partial charge in [-0.3, -0.25) is 0 Å². The van der Waals surface area contributed by atoms with Crippen molar-refractivity contribution in [3.8, 4) is 5.75 Å². The summed E-state index contributed by atoms with van der Waals surface area (Å²) >= 11 is 0. The molecule has 106 valence electrons. The molecule has 0 radical (unpaired) electrons. The zero-order chi connectivity index (χ0) is 14.8. The van der Waals surface area contributed by atoms with Crippen molar-refractivity contribution in [2.75, 3.05) is 0 Å². The molecular weight excluding hydrogens is 268 g/mol. The van der Waals surface area contributed by atoms with Crippen LogP contribution in [0.2, 0.25) is 0 Å². The van der Waals surface area contributed by atoms with Crippen LogP contribution in [0.3, 0.4) is 0 Å². The third-order valence-corrected chi connectivity index (χ3v) is 3.98. The molecule has 0 amide bonds. The number of hydrogen-bond acceptors (Lipinski definition) is 1. The Hall–Kier alpha value is -2.80. The summed E-state index contributed by atoms with van der Waals surface area (Å²) in [4.78, 5) is 0. The van der Waals surface area contributed by atoms with Crippen molar-refractivity contribution in [1.82, 2.24) is 0 Å². The summed E-state index contributed by atoms with van der Waals surface area (Å²) in [5.41, 5.74) is 6.03. The fourth-order valence-corrected chi connectivity index (χ4v) is 2.90. The first-order valence-corrected chi connectivity index (χ1v) is 7.49. The molecule has 0 aliphatic carbocycles. The Balaban J connectivity index is 1.97. The number of rotatable bonds is 1. The first-order valence-electron chi connectivity index (χ1n) is 7.49. The molecular formula is C21H16O. The Morgan fingerprint density at radius 3 is 2.23 bits per heavy atom. The first-order chi connectivity index (χ1) is 10.9. The predicted molar refractivity (Wildman–Crippen MR) is 90.6 cm³/mol. The van der Waals surface area contributed by atoms with Crippen molar-refractivity contribution < 1.29 is 4.74 Å². The Labute approximate surface area is 130 Å². The number of para-hydroxylation sites is 1. The van der Waals surface area contributed by atoms with Crippen molar-refractivity contribution in [2.45, 2.75) is 6.61 Å². The van der Waals surface area contributed by atoms with Crippen LogP contribution in [0.15, 0.2) is 78.9 Å². The van der Waals surface area contributed by atoms with Gasteiger partial charge in [-0.15, -0.1) is 0 Å². The van der Waals surface area contributed by atoms with Crippen LogP contribution in [0.1, 0.15) is 22.3 Å². The molecule has 4 rings (SSSR count). The van der Waals surface area contributed by atoms with E-state index in [4.69, 9.17) is 4.74 Å². The standard InChI is InChI=1S/C21H16O/c1-2-8-16(9-3-1)14-20-18-11-5-4-10-17(18)15-22-21-13-7-6-12-19(20)21/h1-14H,15H2/b20-14-. The fraction of sp³-hybridized carbons (Fsp3) is 0.0476. The van der Waals surface area contributed by atoms with E-state index in [0.717, 1.165) is 11.3 Å². The summed E-state index contributed by atoms with van der Waals surface area (Å²) in [6, 6.07) is 27.2. The van der Waals surface area contributed by atoms with Gasteiger partial charge < -0.3 is 4.74 Å². The van der Waals surface area contributed by atoms with Crippen molar-refractivity contribution in [3.63, 3.8) is 0 Å². The number of benzene rings is 3. The minimum Gasteiger partial charge on any atom is -0.488 e. The van der Waals surface area contributed by atoms with E-state index in [9.17, 15) is 0 Å². The van der Waals surface area contributed by atoms with Gasteiger partial charge in [0.05, 0.1) is 0 Å². The smallest absolute Gasteiger partial charge is 0.127 e. The highest BCUT2D eigenvalue weighted by Crippen LogP contribution is 2.37. The van der Waals surface area contributed by atoms with Gasteiger partial charge in [0.1, 0.15) is 12.4 Å². The van der Waals surface area contributed by atoms with E-state index in [2.05, 4.69) is 66.7 Å². The molecule has 1 aliphatic heterocycles. The van der Waals surface area contributed by atoms with Crippen LogP contribution < -0.4 is 4.74 Å². The van der Waals surface area contributed by atoms with Crippen LogP contribution >= 0.6 is 0 Å². The molecule has 3 aromatic carbocycles. The lowest BCUT2D eigenvalue weighted by Gasteiger charge is -2.10. The predicted octanol–water partition coefficient (Wildman–Crippen LogP) is 5.17. The average molecular weight is 284 g/mol. The second-order valence-electron chi connectivity index (χ2n) is 5.41. The van der Waals surface area contributed by atoms with Gasteiger partial charge in [0.25, 0.3) is 0 Å². The Morgan fingerprint density at radius 1 is 0.682 bits per heavy atom. The van der Waals surface area contributed by atoms with Crippen molar-refractivity contribution in [1.29, 1.82) is 0 Å². The van der Waals surface area contributed by atoms with Crippen molar-refractivity contribution in [3.05, 3.63) is 101 Å². The van der Waals surface area contributed by atoms with Gasteiger partial charge in [-0.1, -0.05) is 72.8 Å². The van der Waals surface area contributed by atoms with Gasteiger partial charge in [-0.2, -0.15) is 0 Å². The first kappa shape index (κ1) is 12.9. The quantitative estimate of drug-likeness (QED) is 0.599. The lowest BCUT2D eigenvalue weighted by atomic mass is 9.93. The van der Waals surface area contributed by atoms with Gasteiger partial charge in [-0.05, 0) is 34.4 Å². The number of hydrogen-bond donors (Lipinski definition) is 0. The monoisotopic (exact) mass is 284 g/mol. The fourth-order valence-electron chi connectivity index (χ4n) is 2.90. The molecule has 1 aliphatic rings. The highest BCUT2D eigenvalue weighted by molar-refractivity contribution is 5.94. The van der Waals surface area contributed by atoms with Crippen LogP contribution in [0.4, 0.5) is 0 Å². The summed E-state index contributed by atoms with van der Waals surface area (Å²) in [5, 5.41) is 0. The lowest BCUT2D eigenvalue weighted by Crippen LogP contribution is -1.94. The second-order valence-corrected chi connectivity index (χ2v) is 5.41. The Bertz CT molecular complexity index is 782. The maximum Gasteiger partial charge on any atom is 0.127 e. The zero-order valence-electron chi connectivity index (χ0n) is 12.2. The lowest BCUT2D eigenvalue weighted by molar-refractivity contribution is 0.307. The van der Waals surface area contributed by atoms with Gasteiger partial charge in [0.2, 0.25) is 0 Å². The van der Waals surface area contributed by atoms with Crippen molar-refractivity contribution in [2.24, 2.45) is 0 Å². The maximum atomic E-state index is 6.00. The molecule has 0 saturated carbocycles. The van der Waals surface area contributed by atoms with E-state index < -0.39 is 0 Å². The molecule has 1 heteroatoms. The molecule has 22 heavy (non-hydrogen) atoms. The molecule has 0 atom stereocenters. The van der Waals surface area contributed by atoms with Gasteiger partial charge >= 0.3 is 0 Å². The summed E-state index contributed by atoms with van der Waals surface area (Å²) in [6.45, 7) is 0.610. The molecule has 0 spiro atoms. The van der Waals surface area contributed by atoms with Crippen molar-refractivity contribution >= 4 is 11.6 Å². The molecule has 0 unspecified atom stereocenters. The zero-order valence-corrected chi connectivity index (χ0v) is 12.2. The molecule has 0 bridgehead atoms. The highest BCUT2D eigenvalue weighted by Gasteiger charge is 2.18. The largest absolute Gasteiger partial charge is 0.488 e. The van der Waals surface area contributed by atoms with E-state index >= 15 is 0 Å². The Morgan fingerprint density at radius 2 is 1.36 bits per heavy atom. The van der Waals surface area contributed by atoms with Crippen LogP contribution in [0, 0.1) is 0 Å². The molecule has 0 fully saturated rings. The minimum atomic E-state index is 0.610. The van der Waals surface area contributed by atoms with E-state index in [1.54, 1.807) is 0 Å². The van der Waals surface area contributed by atoms with Gasteiger partial charge in [0.15, 0.2) is 0 Å². The number of ether oxygens (including phenoxy) is 1. The molecule has 3 aromatic rings. The highest BCUT2D eigenvalue weighted by atomic mass is 16.5. The molecule has 0 N–H and O–H groups in total. The third kappa shape index (κ3) is 2.31. The number of fused-ring (bicyclic) bond motifs is 2. The van der Waals surface area contributed by atoms with E-state index in [-0.39, 0.29) is 0 Å². The SMILES string of the molecule is C(=C1\c2ccccc2COc2ccccc21)/c1ccccc1. The third-order valence-electron chi connectivity index (χ3n) is 3.98. The Kier molecular flexibility index (Phi) is 3.24. The van der Waals surface area contributed by atoms with Crippen LogP contribution in [0.25, 0.3) is 11.6 Å². The van der Waals surface area contributed by atoms with Crippen LogP contribution in [0.5, 0.6) is 5.75 Å². The average Bonchev–Trinajstić information content (AvgIpc) is 2.74. The summed E-state index contributed by atoms with van der Waals surface area (Å²) in [5.74, 6) is 0.945. The van der Waals surface area contributed by atoms with E-state index in [0.29, 0.717) is 6.61 Å². The topological polar surface area (TPSA) is 9.23 Å². The molecule has 1 heterocycles. The van der Waals surface area contributed by atoms with E-state index in [1.807, 2.05) is 18.2 Å². The molecule has 0 aromatic heterocycles. The second kappa shape index (κ2) is 5.53. The van der Waals surface area contributed by atoms with Gasteiger partial charge in [0, 0.05) is 5.56 Å². The van der Waals surface area contributed by atoms with Crippen LogP contribution in [-0.2, 0) is 6.61 Å². The van der Waals surface area contributed by atoms with Gasteiger partial charge in [-0.25, -0.2) is 0 Å². The summed E-state index contributed by atoms with van der Waals surface area (Å²) < 4.78 is 6.00. The minimum absolute atomic E-state index is 0.610. The normalized spacial score (nSPS) is 14.6. The van der Waals surface area contributed by atoms with E-state index in [1.165, 1.54) is 22.3 Å². The molecule has 0 saturated heterocycles. The molecule has 1 nitrogen and oxygen atoms in total. The maximum absolute atomic E-state index is 6.00. The summed E-state index contributed by atoms with van der Waals surface area (Å²) in [6.07, 6.45) is 2.24. The van der Waals surface area contributed by atoms with Crippen LogP contribution in [-0.4, -0.2) is 0 Å². The summed E-state index contributed by atoms with van der Waals surface area (Å²) in [7, 11) is 0.